The molecule has 1 aromatic carbocycles. The van der Waals surface area contributed by atoms with Gasteiger partial charge in [0, 0.05) is 19.1 Å². The Morgan fingerprint density at radius 2 is 1.60 bits per heavy atom. The Kier molecular flexibility index (Phi) is 10.4. The van der Waals surface area contributed by atoms with Crippen molar-refractivity contribution < 1.29 is 14.2 Å². The van der Waals surface area contributed by atoms with E-state index in [-0.39, 0.29) is 6.10 Å². The molecule has 0 fully saturated rings. The number of ether oxygens (including phenoxy) is 3. The summed E-state index contributed by atoms with van der Waals surface area (Å²) in [6, 6.07) is 8.02. The summed E-state index contributed by atoms with van der Waals surface area (Å²) in [4.78, 5) is 2.30. The van der Waals surface area contributed by atoms with Crippen LogP contribution in [0, 0.1) is 0 Å². The molecule has 4 heteroatoms. The highest BCUT2D eigenvalue weighted by molar-refractivity contribution is 5.39. The minimum Gasteiger partial charge on any atom is -0.487 e. The van der Waals surface area contributed by atoms with Gasteiger partial charge in [0.15, 0.2) is 11.5 Å². The van der Waals surface area contributed by atoms with Crippen LogP contribution in [0.2, 0.25) is 0 Å². The number of nitrogens with zero attached hydrogens (tertiary/aromatic N) is 1. The Morgan fingerprint density at radius 1 is 0.960 bits per heavy atom. The summed E-state index contributed by atoms with van der Waals surface area (Å²) in [6.07, 6.45) is 5.29. The molecule has 0 N–H and O–H groups in total. The van der Waals surface area contributed by atoms with Gasteiger partial charge in [0.2, 0.25) is 0 Å². The van der Waals surface area contributed by atoms with Crippen molar-refractivity contribution in [3.05, 3.63) is 62.2 Å². The highest BCUT2D eigenvalue weighted by Gasteiger charge is 2.18. The summed E-state index contributed by atoms with van der Waals surface area (Å²) in [5.41, 5.74) is 0. The van der Waals surface area contributed by atoms with Gasteiger partial charge < -0.3 is 14.2 Å². The fourth-order valence-corrected chi connectivity index (χ4v) is 2.30. The van der Waals surface area contributed by atoms with Crippen LogP contribution >= 0.6 is 0 Å². The zero-order chi connectivity index (χ0) is 18.5. The third kappa shape index (κ3) is 8.05. The molecule has 0 aliphatic heterocycles. The molecule has 0 amide bonds. The Labute approximate surface area is 152 Å². The molecule has 0 bridgehead atoms. The van der Waals surface area contributed by atoms with E-state index in [1.165, 1.54) is 0 Å². The maximum absolute atomic E-state index is 5.98. The Morgan fingerprint density at radius 3 is 2.16 bits per heavy atom. The minimum absolute atomic E-state index is 0.0761. The van der Waals surface area contributed by atoms with Gasteiger partial charge in [-0.25, -0.2) is 0 Å². The second-order valence-corrected chi connectivity index (χ2v) is 5.94. The standard InChI is InChI=1S/C21H31NO3/c1-6-13-22(18(4)5)16-19(23-14-7-2)17-25-21-12-10-9-11-20(21)24-15-8-3/h6-12,18-19H,1-3,13-17H2,4-5H3. The predicted molar refractivity (Wildman–Crippen MR) is 104 cm³/mol. The van der Waals surface area contributed by atoms with Crippen molar-refractivity contribution in [2.24, 2.45) is 0 Å². The Hall–Kier alpha value is -2.04. The van der Waals surface area contributed by atoms with E-state index >= 15 is 0 Å². The molecule has 0 saturated carbocycles. The molecule has 1 unspecified atom stereocenters. The molecule has 1 atom stereocenters. The van der Waals surface area contributed by atoms with Gasteiger partial charge in [-0.3, -0.25) is 4.90 Å². The van der Waals surface area contributed by atoms with Crippen LogP contribution in [0.1, 0.15) is 13.8 Å². The summed E-state index contributed by atoms with van der Waals surface area (Å²) in [5, 5.41) is 0. The summed E-state index contributed by atoms with van der Waals surface area (Å²) in [5.74, 6) is 1.41. The van der Waals surface area contributed by atoms with Gasteiger partial charge in [0.25, 0.3) is 0 Å². The number of rotatable bonds is 14. The van der Waals surface area contributed by atoms with Crippen LogP contribution < -0.4 is 9.47 Å². The molecule has 1 aromatic rings. The molecule has 0 aromatic heterocycles. The first-order valence-corrected chi connectivity index (χ1v) is 8.65. The molecule has 4 nitrogen and oxygen atoms in total. The van der Waals surface area contributed by atoms with Gasteiger partial charge >= 0.3 is 0 Å². The van der Waals surface area contributed by atoms with Crippen molar-refractivity contribution >= 4 is 0 Å². The molecule has 0 heterocycles. The van der Waals surface area contributed by atoms with Crippen molar-refractivity contribution in [3.63, 3.8) is 0 Å². The first-order valence-electron chi connectivity index (χ1n) is 8.65. The highest BCUT2D eigenvalue weighted by Crippen LogP contribution is 2.26. The first kappa shape index (κ1) is 21.0. The third-order valence-corrected chi connectivity index (χ3v) is 3.61. The summed E-state index contributed by atoms with van der Waals surface area (Å²) >= 11 is 0. The van der Waals surface area contributed by atoms with E-state index in [1.807, 2.05) is 30.3 Å². The fourth-order valence-electron chi connectivity index (χ4n) is 2.30. The van der Waals surface area contributed by atoms with Gasteiger partial charge in [-0.15, -0.1) is 13.2 Å². The zero-order valence-electron chi connectivity index (χ0n) is 15.5. The zero-order valence-corrected chi connectivity index (χ0v) is 15.5. The number of hydrogen-bond donors (Lipinski definition) is 0. The maximum Gasteiger partial charge on any atom is 0.161 e. The molecule has 0 spiro atoms. The molecule has 0 saturated heterocycles. The second kappa shape index (κ2) is 12.3. The van der Waals surface area contributed by atoms with Crippen LogP contribution in [0.3, 0.4) is 0 Å². The van der Waals surface area contributed by atoms with Gasteiger partial charge in [-0.05, 0) is 26.0 Å². The first-order chi connectivity index (χ1) is 12.1. The van der Waals surface area contributed by atoms with Crippen LogP contribution in [-0.2, 0) is 4.74 Å². The third-order valence-electron chi connectivity index (χ3n) is 3.61. The predicted octanol–water partition coefficient (Wildman–Crippen LogP) is 4.10. The van der Waals surface area contributed by atoms with Gasteiger partial charge in [0.05, 0.1) is 6.61 Å². The van der Waals surface area contributed by atoms with Crippen molar-refractivity contribution in [3.8, 4) is 11.5 Å². The normalized spacial score (nSPS) is 12.0. The van der Waals surface area contributed by atoms with Gasteiger partial charge in [0.1, 0.15) is 19.3 Å². The summed E-state index contributed by atoms with van der Waals surface area (Å²) in [6.45, 7) is 18.5. The van der Waals surface area contributed by atoms with E-state index < -0.39 is 0 Å². The van der Waals surface area contributed by atoms with Crippen molar-refractivity contribution in [2.45, 2.75) is 26.0 Å². The molecule has 0 aliphatic carbocycles. The number of benzene rings is 1. The van der Waals surface area contributed by atoms with Crippen LogP contribution in [0.15, 0.2) is 62.2 Å². The monoisotopic (exact) mass is 345 g/mol. The molecule has 0 aliphatic rings. The van der Waals surface area contributed by atoms with Crippen molar-refractivity contribution in [2.75, 3.05) is 32.9 Å². The van der Waals surface area contributed by atoms with E-state index in [0.29, 0.717) is 37.4 Å². The number of para-hydroxylation sites is 2. The molecular weight excluding hydrogens is 314 g/mol. The SMILES string of the molecule is C=CCOc1ccccc1OCC(CN(CC=C)C(C)C)OCC=C. The average Bonchev–Trinajstić information content (AvgIpc) is 2.62. The van der Waals surface area contributed by atoms with Gasteiger partial charge in [-0.1, -0.05) is 36.9 Å². The van der Waals surface area contributed by atoms with Crippen LogP contribution in [0.25, 0.3) is 0 Å². The van der Waals surface area contributed by atoms with E-state index in [1.54, 1.807) is 12.2 Å². The molecular formula is C21H31NO3. The lowest BCUT2D eigenvalue weighted by atomic mass is 10.2. The Bertz CT molecular complexity index is 528. The lowest BCUT2D eigenvalue weighted by molar-refractivity contribution is 0.00743. The highest BCUT2D eigenvalue weighted by atomic mass is 16.5. The second-order valence-electron chi connectivity index (χ2n) is 5.94. The van der Waals surface area contributed by atoms with E-state index in [9.17, 15) is 0 Å². The van der Waals surface area contributed by atoms with E-state index in [4.69, 9.17) is 14.2 Å². The average molecular weight is 345 g/mol. The van der Waals surface area contributed by atoms with E-state index in [2.05, 4.69) is 38.5 Å². The van der Waals surface area contributed by atoms with Crippen molar-refractivity contribution in [1.29, 1.82) is 0 Å². The lowest BCUT2D eigenvalue weighted by Gasteiger charge is -2.29. The summed E-state index contributed by atoms with van der Waals surface area (Å²) < 4.78 is 17.5. The lowest BCUT2D eigenvalue weighted by Crippen LogP contribution is -2.41. The topological polar surface area (TPSA) is 30.9 Å². The van der Waals surface area contributed by atoms with Crippen LogP contribution in [0.4, 0.5) is 0 Å². The van der Waals surface area contributed by atoms with Crippen LogP contribution in [0.5, 0.6) is 11.5 Å². The quantitative estimate of drug-likeness (QED) is 0.475. The molecule has 25 heavy (non-hydrogen) atoms. The number of hydrogen-bond acceptors (Lipinski definition) is 4. The maximum atomic E-state index is 5.98. The van der Waals surface area contributed by atoms with Gasteiger partial charge in [-0.2, -0.15) is 0 Å². The smallest absolute Gasteiger partial charge is 0.161 e. The molecule has 1 rings (SSSR count). The van der Waals surface area contributed by atoms with E-state index in [0.717, 1.165) is 13.1 Å². The molecule has 0 radical (unpaired) electrons. The summed E-state index contributed by atoms with van der Waals surface area (Å²) in [7, 11) is 0. The minimum atomic E-state index is -0.0761. The molecule has 138 valence electrons. The largest absolute Gasteiger partial charge is 0.487 e. The van der Waals surface area contributed by atoms with Crippen molar-refractivity contribution in [1.82, 2.24) is 4.90 Å². The fraction of sp³-hybridized carbons (Fsp3) is 0.429. The Balaban J connectivity index is 2.73. The van der Waals surface area contributed by atoms with Crippen LogP contribution in [-0.4, -0.2) is 50.0 Å².